The SMILES string of the molecule is Cc1ccc(-c2cc(N)c(=O)n(CC(=O)N3C[C@@H](C)C[C@H](C)C3)n2)o1. The second-order valence-electron chi connectivity index (χ2n) is 7.10. The highest BCUT2D eigenvalue weighted by Crippen LogP contribution is 2.22. The number of hydrogen-bond acceptors (Lipinski definition) is 5. The highest BCUT2D eigenvalue weighted by Gasteiger charge is 2.26. The molecule has 3 heterocycles. The number of nitrogens with two attached hydrogens (primary N) is 1. The lowest BCUT2D eigenvalue weighted by Gasteiger charge is -2.35. The smallest absolute Gasteiger partial charge is 0.290 e. The molecule has 1 aliphatic heterocycles. The van der Waals surface area contributed by atoms with E-state index in [-0.39, 0.29) is 18.1 Å². The summed E-state index contributed by atoms with van der Waals surface area (Å²) < 4.78 is 6.67. The van der Waals surface area contributed by atoms with Crippen LogP contribution in [0.5, 0.6) is 0 Å². The molecule has 0 aromatic carbocycles. The van der Waals surface area contributed by atoms with Crippen molar-refractivity contribution in [3.63, 3.8) is 0 Å². The number of furan rings is 1. The first kappa shape index (κ1) is 17.3. The van der Waals surface area contributed by atoms with Crippen molar-refractivity contribution >= 4 is 11.6 Å². The van der Waals surface area contributed by atoms with Gasteiger partial charge in [0, 0.05) is 13.1 Å². The lowest BCUT2D eigenvalue weighted by Crippen LogP contribution is -2.45. The molecule has 0 spiro atoms. The number of amides is 1. The van der Waals surface area contributed by atoms with Crippen LogP contribution in [-0.2, 0) is 11.3 Å². The molecule has 1 saturated heterocycles. The van der Waals surface area contributed by atoms with E-state index < -0.39 is 5.56 Å². The summed E-state index contributed by atoms with van der Waals surface area (Å²) in [6.07, 6.45) is 1.11. The van der Waals surface area contributed by atoms with Gasteiger partial charge in [0.1, 0.15) is 23.7 Å². The average Bonchev–Trinajstić information content (AvgIpc) is 2.97. The summed E-state index contributed by atoms with van der Waals surface area (Å²) in [5, 5.41) is 4.27. The van der Waals surface area contributed by atoms with Gasteiger partial charge in [0.15, 0.2) is 5.76 Å². The Morgan fingerprint density at radius 2 is 2.00 bits per heavy atom. The van der Waals surface area contributed by atoms with Crippen LogP contribution < -0.4 is 11.3 Å². The van der Waals surface area contributed by atoms with E-state index in [1.165, 1.54) is 6.07 Å². The Hall–Kier alpha value is -2.57. The normalized spacial score (nSPS) is 20.7. The van der Waals surface area contributed by atoms with Gasteiger partial charge in [0.2, 0.25) is 5.91 Å². The summed E-state index contributed by atoms with van der Waals surface area (Å²) in [5.74, 6) is 2.06. The molecule has 1 fully saturated rings. The molecule has 2 aromatic rings. The lowest BCUT2D eigenvalue weighted by molar-refractivity contribution is -0.134. The molecule has 0 unspecified atom stereocenters. The van der Waals surface area contributed by atoms with Crippen LogP contribution in [-0.4, -0.2) is 33.7 Å². The molecule has 3 rings (SSSR count). The van der Waals surface area contributed by atoms with Gasteiger partial charge >= 0.3 is 0 Å². The van der Waals surface area contributed by atoms with Crippen LogP contribution in [0.3, 0.4) is 0 Å². The average molecular weight is 344 g/mol. The number of piperidine rings is 1. The quantitative estimate of drug-likeness (QED) is 0.917. The maximum absolute atomic E-state index is 12.6. The number of likely N-dealkylation sites (tertiary alicyclic amines) is 1. The zero-order valence-electron chi connectivity index (χ0n) is 14.9. The maximum Gasteiger partial charge on any atom is 0.290 e. The molecule has 1 aliphatic rings. The second-order valence-corrected chi connectivity index (χ2v) is 7.10. The Bertz CT molecular complexity index is 829. The summed E-state index contributed by atoms with van der Waals surface area (Å²) in [4.78, 5) is 26.7. The maximum atomic E-state index is 12.6. The van der Waals surface area contributed by atoms with Crippen molar-refractivity contribution in [2.24, 2.45) is 11.8 Å². The van der Waals surface area contributed by atoms with E-state index in [0.29, 0.717) is 36.4 Å². The van der Waals surface area contributed by atoms with Crippen molar-refractivity contribution in [3.8, 4) is 11.5 Å². The van der Waals surface area contributed by atoms with Gasteiger partial charge < -0.3 is 15.1 Å². The van der Waals surface area contributed by atoms with Crippen molar-refractivity contribution in [1.29, 1.82) is 0 Å². The molecule has 0 aliphatic carbocycles. The summed E-state index contributed by atoms with van der Waals surface area (Å²) in [7, 11) is 0. The molecule has 25 heavy (non-hydrogen) atoms. The van der Waals surface area contributed by atoms with Gasteiger partial charge in [-0.3, -0.25) is 9.59 Å². The topological polar surface area (TPSA) is 94.4 Å². The molecule has 0 radical (unpaired) electrons. The Morgan fingerprint density at radius 1 is 1.32 bits per heavy atom. The number of aromatic nitrogens is 2. The van der Waals surface area contributed by atoms with Crippen LogP contribution in [0.2, 0.25) is 0 Å². The number of carbonyl (C=O) groups excluding carboxylic acids is 1. The number of nitrogen functional groups attached to an aromatic ring is 1. The molecule has 134 valence electrons. The highest BCUT2D eigenvalue weighted by atomic mass is 16.3. The number of nitrogens with zero attached hydrogens (tertiary/aromatic N) is 3. The summed E-state index contributed by atoms with van der Waals surface area (Å²) in [6.45, 7) is 7.41. The number of carbonyl (C=O) groups is 1. The molecule has 2 N–H and O–H groups in total. The number of rotatable bonds is 3. The van der Waals surface area contributed by atoms with Crippen LogP contribution in [0.15, 0.2) is 27.4 Å². The minimum Gasteiger partial charge on any atom is -0.460 e. The van der Waals surface area contributed by atoms with E-state index in [2.05, 4.69) is 18.9 Å². The van der Waals surface area contributed by atoms with Crippen molar-refractivity contribution in [3.05, 3.63) is 34.3 Å². The first-order valence-electron chi connectivity index (χ1n) is 8.55. The molecule has 0 bridgehead atoms. The Labute approximate surface area is 146 Å². The largest absolute Gasteiger partial charge is 0.460 e. The van der Waals surface area contributed by atoms with E-state index in [4.69, 9.17) is 10.2 Å². The van der Waals surface area contributed by atoms with E-state index >= 15 is 0 Å². The monoisotopic (exact) mass is 344 g/mol. The van der Waals surface area contributed by atoms with Gasteiger partial charge in [-0.05, 0) is 43.4 Å². The van der Waals surface area contributed by atoms with Crippen LogP contribution in [0.4, 0.5) is 5.69 Å². The third-order valence-corrected chi connectivity index (χ3v) is 4.50. The zero-order valence-corrected chi connectivity index (χ0v) is 14.9. The van der Waals surface area contributed by atoms with Crippen molar-refractivity contribution in [1.82, 2.24) is 14.7 Å². The number of hydrogen-bond donors (Lipinski definition) is 1. The number of aryl methyl sites for hydroxylation is 1. The first-order chi connectivity index (χ1) is 11.8. The second kappa shape index (κ2) is 6.74. The Kier molecular flexibility index (Phi) is 4.65. The van der Waals surface area contributed by atoms with E-state index in [1.807, 2.05) is 17.9 Å². The molecular weight excluding hydrogens is 320 g/mol. The van der Waals surface area contributed by atoms with Gasteiger partial charge in [-0.2, -0.15) is 5.10 Å². The number of anilines is 1. The molecule has 7 nitrogen and oxygen atoms in total. The van der Waals surface area contributed by atoms with Crippen LogP contribution >= 0.6 is 0 Å². The minimum atomic E-state index is -0.460. The van der Waals surface area contributed by atoms with Crippen molar-refractivity contribution in [2.45, 2.75) is 33.7 Å². The van der Waals surface area contributed by atoms with E-state index in [0.717, 1.165) is 16.9 Å². The minimum absolute atomic E-state index is 0.0484. The standard InChI is InChI=1S/C18H24N4O3/c1-11-6-12(2)9-21(8-11)17(23)10-22-18(24)14(19)7-15(20-22)16-5-4-13(3)25-16/h4-5,7,11-12H,6,8-10,19H2,1-3H3/t11-,12-/m0/s1. The molecule has 2 atom stereocenters. The van der Waals surface area contributed by atoms with E-state index in [1.54, 1.807) is 6.07 Å². The first-order valence-corrected chi connectivity index (χ1v) is 8.55. The van der Waals surface area contributed by atoms with Gasteiger partial charge in [-0.25, -0.2) is 4.68 Å². The summed E-state index contributed by atoms with van der Waals surface area (Å²) >= 11 is 0. The molecule has 0 saturated carbocycles. The van der Waals surface area contributed by atoms with Gasteiger partial charge in [0.05, 0.1) is 0 Å². The fraction of sp³-hybridized carbons (Fsp3) is 0.500. The molecule has 1 amide bonds. The predicted octanol–water partition coefficient (Wildman–Crippen LogP) is 1.90. The van der Waals surface area contributed by atoms with Gasteiger partial charge in [-0.15, -0.1) is 0 Å². The fourth-order valence-electron chi connectivity index (χ4n) is 3.46. The summed E-state index contributed by atoms with van der Waals surface area (Å²) in [6, 6.07) is 5.05. The third-order valence-electron chi connectivity index (χ3n) is 4.50. The fourth-order valence-corrected chi connectivity index (χ4v) is 3.46. The zero-order chi connectivity index (χ0) is 18.1. The van der Waals surface area contributed by atoms with Crippen molar-refractivity contribution in [2.75, 3.05) is 18.8 Å². The Balaban J connectivity index is 1.85. The molecule has 2 aromatic heterocycles. The van der Waals surface area contributed by atoms with Crippen LogP contribution in [0.25, 0.3) is 11.5 Å². The van der Waals surface area contributed by atoms with Crippen LogP contribution in [0, 0.1) is 18.8 Å². The van der Waals surface area contributed by atoms with Crippen molar-refractivity contribution < 1.29 is 9.21 Å². The van der Waals surface area contributed by atoms with Gasteiger partial charge in [0.25, 0.3) is 5.56 Å². The van der Waals surface area contributed by atoms with E-state index in [9.17, 15) is 9.59 Å². The highest BCUT2D eigenvalue weighted by molar-refractivity contribution is 5.76. The van der Waals surface area contributed by atoms with Gasteiger partial charge in [-0.1, -0.05) is 13.8 Å². The van der Waals surface area contributed by atoms with Crippen LogP contribution in [0.1, 0.15) is 26.0 Å². The Morgan fingerprint density at radius 3 is 2.60 bits per heavy atom. The third kappa shape index (κ3) is 3.75. The summed E-state index contributed by atoms with van der Waals surface area (Å²) in [5.41, 5.74) is 5.86. The molecule has 7 heteroatoms. The molecular formula is C18H24N4O3. The lowest BCUT2D eigenvalue weighted by atomic mass is 9.92. The predicted molar refractivity (Wildman–Crippen MR) is 94.9 cm³/mol.